The summed E-state index contributed by atoms with van der Waals surface area (Å²) in [5, 5.41) is 19.8. The van der Waals surface area contributed by atoms with Crippen molar-refractivity contribution in [3.63, 3.8) is 0 Å². The van der Waals surface area contributed by atoms with Gasteiger partial charge in [0.25, 0.3) is 0 Å². The Morgan fingerprint density at radius 2 is 2.13 bits per heavy atom. The van der Waals surface area contributed by atoms with Gasteiger partial charge >= 0.3 is 0 Å². The lowest BCUT2D eigenvalue weighted by molar-refractivity contribution is -0.130. The number of fused-ring (bicyclic) bond motifs is 2. The lowest BCUT2D eigenvalue weighted by Gasteiger charge is -2.29. The van der Waals surface area contributed by atoms with Gasteiger partial charge in [0.05, 0.1) is 24.8 Å². The molecular weight excluding hydrogens is 406 g/mol. The molecule has 0 aromatic heterocycles. The molecule has 1 saturated heterocycles. The van der Waals surface area contributed by atoms with Crippen LogP contribution in [-0.2, 0) is 15.1 Å². The molecule has 4 N–H and O–H groups in total. The molecule has 2 heterocycles. The highest BCUT2D eigenvalue weighted by Crippen LogP contribution is 2.48. The van der Waals surface area contributed by atoms with Crippen molar-refractivity contribution >= 4 is 34.8 Å². The van der Waals surface area contributed by atoms with Gasteiger partial charge in [0.15, 0.2) is 0 Å². The van der Waals surface area contributed by atoms with Gasteiger partial charge in [-0.15, -0.1) is 0 Å². The maximum Gasteiger partial charge on any atom is 0.250 e. The Labute approximate surface area is 179 Å². The van der Waals surface area contributed by atoms with Gasteiger partial charge in [0.1, 0.15) is 11.3 Å². The molecule has 2 amide bonds. The molecular formula is C22H24ClN3O4. The first-order valence-electron chi connectivity index (χ1n) is 9.79. The summed E-state index contributed by atoms with van der Waals surface area (Å²) in [5.41, 5.74) is 1.50. The van der Waals surface area contributed by atoms with E-state index in [1.54, 1.807) is 25.1 Å². The largest absolute Gasteiger partial charge is 0.495 e. The second-order valence-electron chi connectivity index (χ2n) is 7.87. The number of ether oxygens (including phenoxy) is 1. The molecule has 1 spiro atoms. The van der Waals surface area contributed by atoms with Crippen LogP contribution in [0.5, 0.6) is 5.75 Å². The Bertz CT molecular complexity index is 1030. The molecule has 1 fully saturated rings. The van der Waals surface area contributed by atoms with E-state index in [2.05, 4.69) is 16.0 Å². The fraction of sp³-hybridized carbons (Fsp3) is 0.364. The van der Waals surface area contributed by atoms with Crippen LogP contribution in [0.3, 0.4) is 0 Å². The van der Waals surface area contributed by atoms with Crippen LogP contribution in [-0.4, -0.2) is 36.2 Å². The normalized spacial score (nSPS) is 25.7. The third kappa shape index (κ3) is 3.14. The Kier molecular flexibility index (Phi) is 5.22. The lowest BCUT2D eigenvalue weighted by Crippen LogP contribution is -2.53. The Morgan fingerprint density at radius 3 is 2.83 bits per heavy atom. The molecule has 30 heavy (non-hydrogen) atoms. The summed E-state index contributed by atoms with van der Waals surface area (Å²) in [7, 11) is 1.50. The minimum atomic E-state index is -1.26. The maximum absolute atomic E-state index is 13.5. The number of aliphatic hydroxyl groups excluding tert-OH is 1. The fourth-order valence-corrected chi connectivity index (χ4v) is 4.66. The number of methoxy groups -OCH3 is 1. The number of halogens is 1. The standard InChI is InChI=1S/C22H24ClN3O4/c1-11-5-4-6-14-19(11)25-21(29)22(14)15(10-16(26-22)12(2)27)20(28)24-17-9-13(23)7-8-18(17)30-3/h4-9,12,15-16,26-27H,10H2,1-3H3,(H,24,28)(H,25,29)/t12-,15-,16-,22-/m1/s1. The van der Waals surface area contributed by atoms with Crippen molar-refractivity contribution < 1.29 is 19.4 Å². The first-order chi connectivity index (χ1) is 14.3. The van der Waals surface area contributed by atoms with E-state index in [0.29, 0.717) is 34.1 Å². The molecule has 0 unspecified atom stereocenters. The first kappa shape index (κ1) is 20.7. The SMILES string of the molecule is COc1ccc(Cl)cc1NC(=O)[C@H]1C[C@H]([C@@H](C)O)N[C@@]12C(=O)Nc1c(C)cccc12. The van der Waals surface area contributed by atoms with Crippen LogP contribution in [0.25, 0.3) is 0 Å². The number of para-hydroxylation sites is 1. The summed E-state index contributed by atoms with van der Waals surface area (Å²) >= 11 is 6.09. The molecule has 8 heteroatoms. The minimum absolute atomic E-state index is 0.298. The van der Waals surface area contributed by atoms with Crippen LogP contribution in [0, 0.1) is 12.8 Å². The van der Waals surface area contributed by atoms with E-state index >= 15 is 0 Å². The van der Waals surface area contributed by atoms with Gasteiger partial charge in [-0.1, -0.05) is 29.8 Å². The Morgan fingerprint density at radius 1 is 1.37 bits per heavy atom. The molecule has 7 nitrogen and oxygen atoms in total. The highest BCUT2D eigenvalue weighted by molar-refractivity contribution is 6.31. The van der Waals surface area contributed by atoms with E-state index in [-0.39, 0.29) is 11.8 Å². The molecule has 0 radical (unpaired) electrons. The third-order valence-electron chi connectivity index (χ3n) is 6.04. The van der Waals surface area contributed by atoms with Crippen molar-refractivity contribution in [2.75, 3.05) is 17.7 Å². The molecule has 2 aromatic rings. The number of hydrogen-bond acceptors (Lipinski definition) is 5. The van der Waals surface area contributed by atoms with Crippen molar-refractivity contribution in [1.82, 2.24) is 5.32 Å². The summed E-state index contributed by atoms with van der Waals surface area (Å²) < 4.78 is 5.33. The van der Waals surface area contributed by atoms with Crippen LogP contribution in [0.1, 0.15) is 24.5 Å². The number of carbonyl (C=O) groups excluding carboxylic acids is 2. The monoisotopic (exact) mass is 429 g/mol. The Hall–Kier alpha value is -2.61. The topological polar surface area (TPSA) is 99.7 Å². The zero-order chi connectivity index (χ0) is 21.6. The van der Waals surface area contributed by atoms with Gasteiger partial charge in [0.2, 0.25) is 11.8 Å². The molecule has 0 bridgehead atoms. The molecule has 4 atom stereocenters. The quantitative estimate of drug-likeness (QED) is 0.599. The summed E-state index contributed by atoms with van der Waals surface area (Å²) in [6.07, 6.45) is -0.435. The lowest BCUT2D eigenvalue weighted by atomic mass is 9.79. The van der Waals surface area contributed by atoms with Gasteiger partial charge in [0, 0.05) is 22.3 Å². The van der Waals surface area contributed by atoms with Crippen molar-refractivity contribution in [1.29, 1.82) is 0 Å². The average Bonchev–Trinajstić information content (AvgIpc) is 3.24. The van der Waals surface area contributed by atoms with E-state index in [1.165, 1.54) is 7.11 Å². The molecule has 2 aromatic carbocycles. The highest BCUT2D eigenvalue weighted by atomic mass is 35.5. The zero-order valence-corrected chi connectivity index (χ0v) is 17.7. The van der Waals surface area contributed by atoms with Crippen LogP contribution in [0.4, 0.5) is 11.4 Å². The summed E-state index contributed by atoms with van der Waals surface area (Å²) in [5.74, 6) is -0.931. The maximum atomic E-state index is 13.5. The highest BCUT2D eigenvalue weighted by Gasteiger charge is 2.60. The van der Waals surface area contributed by atoms with E-state index in [4.69, 9.17) is 16.3 Å². The molecule has 158 valence electrons. The van der Waals surface area contributed by atoms with Gasteiger partial charge < -0.3 is 20.5 Å². The van der Waals surface area contributed by atoms with E-state index in [9.17, 15) is 14.7 Å². The molecule has 2 aliphatic heterocycles. The van der Waals surface area contributed by atoms with E-state index in [1.807, 2.05) is 25.1 Å². The number of benzene rings is 2. The summed E-state index contributed by atoms with van der Waals surface area (Å²) in [6, 6.07) is 10.1. The van der Waals surface area contributed by atoms with Gasteiger partial charge in [-0.05, 0) is 44.0 Å². The summed E-state index contributed by atoms with van der Waals surface area (Å²) in [6.45, 7) is 3.56. The van der Waals surface area contributed by atoms with E-state index in [0.717, 1.165) is 5.56 Å². The molecule has 0 aliphatic carbocycles. The fourth-order valence-electron chi connectivity index (χ4n) is 4.49. The number of carbonyl (C=O) groups is 2. The van der Waals surface area contributed by atoms with Crippen LogP contribution in [0.2, 0.25) is 5.02 Å². The number of hydrogen-bond donors (Lipinski definition) is 4. The van der Waals surface area contributed by atoms with Crippen molar-refractivity contribution in [2.45, 2.75) is 38.0 Å². The number of anilines is 2. The summed E-state index contributed by atoms with van der Waals surface area (Å²) in [4.78, 5) is 26.7. The number of amides is 2. The predicted molar refractivity (Wildman–Crippen MR) is 115 cm³/mol. The second-order valence-corrected chi connectivity index (χ2v) is 8.31. The smallest absolute Gasteiger partial charge is 0.250 e. The van der Waals surface area contributed by atoms with Crippen molar-refractivity contribution in [2.24, 2.45) is 5.92 Å². The number of nitrogens with one attached hydrogen (secondary N) is 3. The van der Waals surface area contributed by atoms with Crippen molar-refractivity contribution in [3.05, 3.63) is 52.5 Å². The van der Waals surface area contributed by atoms with Crippen LogP contribution < -0.4 is 20.7 Å². The van der Waals surface area contributed by atoms with Crippen LogP contribution in [0.15, 0.2) is 36.4 Å². The molecule has 2 aliphatic rings. The second kappa shape index (κ2) is 7.58. The first-order valence-corrected chi connectivity index (χ1v) is 10.2. The van der Waals surface area contributed by atoms with Gasteiger partial charge in [-0.2, -0.15) is 0 Å². The molecule has 4 rings (SSSR count). The number of rotatable bonds is 4. The minimum Gasteiger partial charge on any atom is -0.495 e. The number of aryl methyl sites for hydroxylation is 1. The zero-order valence-electron chi connectivity index (χ0n) is 17.0. The predicted octanol–water partition coefficient (Wildman–Crippen LogP) is 2.80. The van der Waals surface area contributed by atoms with Gasteiger partial charge in [-0.3, -0.25) is 14.9 Å². The van der Waals surface area contributed by atoms with Gasteiger partial charge in [-0.25, -0.2) is 0 Å². The van der Waals surface area contributed by atoms with E-state index < -0.39 is 23.6 Å². The van der Waals surface area contributed by atoms with Crippen LogP contribution >= 0.6 is 11.6 Å². The average molecular weight is 430 g/mol. The Balaban J connectivity index is 1.76. The number of aliphatic hydroxyl groups is 1. The molecule has 0 saturated carbocycles. The van der Waals surface area contributed by atoms with Crippen molar-refractivity contribution in [3.8, 4) is 5.75 Å². The third-order valence-corrected chi connectivity index (χ3v) is 6.27.